The highest BCUT2D eigenvalue weighted by molar-refractivity contribution is 6.33. The van der Waals surface area contributed by atoms with Crippen LogP contribution < -0.4 is 10.6 Å². The lowest BCUT2D eigenvalue weighted by molar-refractivity contribution is 0.102. The van der Waals surface area contributed by atoms with Gasteiger partial charge in [0.25, 0.3) is 5.91 Å². The SMILES string of the molecule is O=C(Nc1ccccc1Cl)c1cc(Nc2ccc(F)c(F)c2)ncn1. The molecule has 3 aromatic rings. The number of benzene rings is 2. The summed E-state index contributed by atoms with van der Waals surface area (Å²) in [6.45, 7) is 0. The van der Waals surface area contributed by atoms with Crippen LogP contribution in [0.15, 0.2) is 54.9 Å². The van der Waals surface area contributed by atoms with Crippen LogP contribution in [0, 0.1) is 11.6 Å². The number of carbonyl (C=O) groups is 1. The molecule has 0 spiro atoms. The third-order valence-corrected chi connectivity index (χ3v) is 3.54. The maximum Gasteiger partial charge on any atom is 0.274 e. The highest BCUT2D eigenvalue weighted by atomic mass is 35.5. The number of halogens is 3. The van der Waals surface area contributed by atoms with Crippen molar-refractivity contribution in [3.05, 3.63) is 77.2 Å². The highest BCUT2D eigenvalue weighted by Gasteiger charge is 2.11. The first-order valence-electron chi connectivity index (χ1n) is 7.13. The second-order valence-corrected chi connectivity index (χ2v) is 5.38. The minimum absolute atomic E-state index is 0.0833. The first-order valence-corrected chi connectivity index (χ1v) is 7.51. The summed E-state index contributed by atoms with van der Waals surface area (Å²) in [5.74, 6) is -2.17. The minimum Gasteiger partial charge on any atom is -0.340 e. The van der Waals surface area contributed by atoms with Crippen LogP contribution in [0.4, 0.5) is 26.0 Å². The lowest BCUT2D eigenvalue weighted by Crippen LogP contribution is -2.14. The average Bonchev–Trinajstić information content (AvgIpc) is 2.60. The van der Waals surface area contributed by atoms with Crippen LogP contribution in [0.3, 0.4) is 0 Å². The summed E-state index contributed by atoms with van der Waals surface area (Å²) in [7, 11) is 0. The zero-order valence-electron chi connectivity index (χ0n) is 12.6. The van der Waals surface area contributed by atoms with E-state index in [0.717, 1.165) is 12.1 Å². The minimum atomic E-state index is -0.990. The van der Waals surface area contributed by atoms with Gasteiger partial charge in [-0.25, -0.2) is 18.7 Å². The van der Waals surface area contributed by atoms with E-state index in [1.165, 1.54) is 18.5 Å². The third kappa shape index (κ3) is 4.07. The molecule has 126 valence electrons. The van der Waals surface area contributed by atoms with E-state index in [-0.39, 0.29) is 17.2 Å². The molecule has 0 saturated carbocycles. The molecule has 0 radical (unpaired) electrons. The number of aromatic nitrogens is 2. The van der Waals surface area contributed by atoms with E-state index in [1.54, 1.807) is 24.3 Å². The van der Waals surface area contributed by atoms with Crippen LogP contribution in [0.5, 0.6) is 0 Å². The summed E-state index contributed by atoms with van der Waals surface area (Å²) in [5.41, 5.74) is 0.818. The zero-order valence-corrected chi connectivity index (χ0v) is 13.4. The number of hydrogen-bond donors (Lipinski definition) is 2. The summed E-state index contributed by atoms with van der Waals surface area (Å²) in [5, 5.41) is 5.81. The molecular formula is C17H11ClF2N4O. The fraction of sp³-hybridized carbons (Fsp3) is 0. The van der Waals surface area contributed by atoms with E-state index in [9.17, 15) is 13.6 Å². The van der Waals surface area contributed by atoms with Gasteiger partial charge in [-0.1, -0.05) is 23.7 Å². The number of para-hydroxylation sites is 1. The Morgan fingerprint density at radius 3 is 2.56 bits per heavy atom. The second-order valence-electron chi connectivity index (χ2n) is 4.98. The first kappa shape index (κ1) is 16.8. The van der Waals surface area contributed by atoms with E-state index in [0.29, 0.717) is 10.7 Å². The number of hydrogen-bond acceptors (Lipinski definition) is 4. The van der Waals surface area contributed by atoms with Crippen LogP contribution in [-0.4, -0.2) is 15.9 Å². The molecule has 8 heteroatoms. The van der Waals surface area contributed by atoms with Crippen molar-refractivity contribution in [2.45, 2.75) is 0 Å². The molecule has 1 amide bonds. The third-order valence-electron chi connectivity index (χ3n) is 3.21. The number of amides is 1. The molecule has 3 rings (SSSR count). The number of nitrogens with zero attached hydrogens (tertiary/aromatic N) is 2. The number of nitrogens with one attached hydrogen (secondary N) is 2. The zero-order chi connectivity index (χ0) is 17.8. The fourth-order valence-corrected chi connectivity index (χ4v) is 2.20. The van der Waals surface area contributed by atoms with Gasteiger partial charge in [-0.15, -0.1) is 0 Å². The highest BCUT2D eigenvalue weighted by Crippen LogP contribution is 2.22. The molecule has 0 fully saturated rings. The molecule has 0 aliphatic carbocycles. The van der Waals surface area contributed by atoms with Gasteiger partial charge in [-0.3, -0.25) is 4.79 Å². The van der Waals surface area contributed by atoms with E-state index in [4.69, 9.17) is 11.6 Å². The Hall–Kier alpha value is -3.06. The summed E-state index contributed by atoms with van der Waals surface area (Å²) < 4.78 is 26.2. The van der Waals surface area contributed by atoms with E-state index < -0.39 is 17.5 Å². The molecule has 0 aliphatic rings. The van der Waals surface area contributed by atoms with Crippen molar-refractivity contribution in [1.82, 2.24) is 9.97 Å². The standard InChI is InChI=1S/C17H11ClF2N4O/c18-11-3-1-2-4-14(11)24-17(25)15-8-16(22-9-21-15)23-10-5-6-12(19)13(20)7-10/h1-9H,(H,24,25)(H,21,22,23). The number of anilines is 3. The van der Waals surface area contributed by atoms with Crippen LogP contribution in [0.1, 0.15) is 10.5 Å². The van der Waals surface area contributed by atoms with Gasteiger partial charge in [-0.2, -0.15) is 0 Å². The second kappa shape index (κ2) is 7.23. The molecule has 0 unspecified atom stereocenters. The lowest BCUT2D eigenvalue weighted by atomic mass is 10.3. The largest absolute Gasteiger partial charge is 0.340 e. The molecule has 0 atom stereocenters. The Kier molecular flexibility index (Phi) is 4.85. The molecule has 0 aliphatic heterocycles. The smallest absolute Gasteiger partial charge is 0.274 e. The van der Waals surface area contributed by atoms with Gasteiger partial charge < -0.3 is 10.6 Å². The predicted molar refractivity (Wildman–Crippen MR) is 91.1 cm³/mol. The van der Waals surface area contributed by atoms with Crippen molar-refractivity contribution in [3.8, 4) is 0 Å². The quantitative estimate of drug-likeness (QED) is 0.723. The molecule has 25 heavy (non-hydrogen) atoms. The molecule has 2 aromatic carbocycles. The van der Waals surface area contributed by atoms with Crippen LogP contribution in [-0.2, 0) is 0 Å². The maximum atomic E-state index is 13.2. The van der Waals surface area contributed by atoms with Crippen molar-refractivity contribution in [3.63, 3.8) is 0 Å². The molecule has 0 bridgehead atoms. The predicted octanol–water partition coefficient (Wildman–Crippen LogP) is 4.40. The Morgan fingerprint density at radius 1 is 1.00 bits per heavy atom. The summed E-state index contributed by atoms with van der Waals surface area (Å²) in [4.78, 5) is 20.1. The van der Waals surface area contributed by atoms with E-state index in [1.807, 2.05) is 0 Å². The van der Waals surface area contributed by atoms with Crippen LogP contribution in [0.25, 0.3) is 0 Å². The summed E-state index contributed by atoms with van der Waals surface area (Å²) in [6, 6.07) is 11.5. The Balaban J connectivity index is 1.77. The molecular weight excluding hydrogens is 350 g/mol. The van der Waals surface area contributed by atoms with E-state index in [2.05, 4.69) is 20.6 Å². The van der Waals surface area contributed by atoms with Crippen molar-refractivity contribution >= 4 is 34.7 Å². The molecule has 1 aromatic heterocycles. The fourth-order valence-electron chi connectivity index (χ4n) is 2.02. The van der Waals surface area contributed by atoms with Gasteiger partial charge >= 0.3 is 0 Å². The monoisotopic (exact) mass is 360 g/mol. The lowest BCUT2D eigenvalue weighted by Gasteiger charge is -2.09. The van der Waals surface area contributed by atoms with Crippen molar-refractivity contribution in [2.75, 3.05) is 10.6 Å². The van der Waals surface area contributed by atoms with Crippen molar-refractivity contribution < 1.29 is 13.6 Å². The van der Waals surface area contributed by atoms with Gasteiger partial charge in [0.1, 0.15) is 17.8 Å². The Labute approximate surface area is 146 Å². The van der Waals surface area contributed by atoms with Gasteiger partial charge in [0.2, 0.25) is 0 Å². The molecule has 1 heterocycles. The van der Waals surface area contributed by atoms with Crippen molar-refractivity contribution in [2.24, 2.45) is 0 Å². The topological polar surface area (TPSA) is 66.9 Å². The molecule has 2 N–H and O–H groups in total. The van der Waals surface area contributed by atoms with Crippen LogP contribution in [0.2, 0.25) is 5.02 Å². The van der Waals surface area contributed by atoms with Gasteiger partial charge in [0, 0.05) is 17.8 Å². The Morgan fingerprint density at radius 2 is 1.80 bits per heavy atom. The first-order chi connectivity index (χ1) is 12.0. The van der Waals surface area contributed by atoms with E-state index >= 15 is 0 Å². The summed E-state index contributed by atoms with van der Waals surface area (Å²) in [6.07, 6.45) is 1.18. The average molecular weight is 361 g/mol. The van der Waals surface area contributed by atoms with Gasteiger partial charge in [0.15, 0.2) is 11.6 Å². The van der Waals surface area contributed by atoms with Gasteiger partial charge in [-0.05, 0) is 24.3 Å². The normalized spacial score (nSPS) is 10.4. The summed E-state index contributed by atoms with van der Waals surface area (Å²) >= 11 is 6.00. The molecule has 5 nitrogen and oxygen atoms in total. The van der Waals surface area contributed by atoms with Crippen LogP contribution >= 0.6 is 11.6 Å². The number of rotatable bonds is 4. The Bertz CT molecular complexity index is 936. The van der Waals surface area contributed by atoms with Crippen molar-refractivity contribution in [1.29, 1.82) is 0 Å². The van der Waals surface area contributed by atoms with Gasteiger partial charge in [0.05, 0.1) is 10.7 Å². The molecule has 0 saturated heterocycles. The number of carbonyl (C=O) groups excluding carboxylic acids is 1. The maximum absolute atomic E-state index is 13.2.